The van der Waals surface area contributed by atoms with Gasteiger partial charge in [-0.25, -0.2) is 4.79 Å². The van der Waals surface area contributed by atoms with Crippen LogP contribution in [0.2, 0.25) is 0 Å². The molecule has 0 aliphatic carbocycles. The van der Waals surface area contributed by atoms with Gasteiger partial charge in [0.05, 0.1) is 41.1 Å². The minimum atomic E-state index is -2.09. The summed E-state index contributed by atoms with van der Waals surface area (Å²) in [5.74, 6) is 0.342. The van der Waals surface area contributed by atoms with Crippen LogP contribution < -0.4 is 33.2 Å². The minimum Gasteiger partial charge on any atom is -0.496 e. The van der Waals surface area contributed by atoms with Crippen LogP contribution in [-0.2, 0) is 21.7 Å². The summed E-state index contributed by atoms with van der Waals surface area (Å²) in [7, 11) is 7.61. The molecule has 3 aromatic carbocycles. The largest absolute Gasteiger partial charge is 0.496 e. The van der Waals surface area contributed by atoms with E-state index in [4.69, 9.17) is 37.9 Å². The van der Waals surface area contributed by atoms with Gasteiger partial charge in [0.1, 0.15) is 5.75 Å². The summed E-state index contributed by atoms with van der Waals surface area (Å²) in [5.41, 5.74) is 2.71. The Bertz CT molecular complexity index is 1480. The summed E-state index contributed by atoms with van der Waals surface area (Å²) >= 11 is 0. The first-order chi connectivity index (χ1) is 19.3. The number of methoxy groups -OCH3 is 5. The third kappa shape index (κ3) is 4.40. The fourth-order valence-corrected chi connectivity index (χ4v) is 5.08. The summed E-state index contributed by atoms with van der Waals surface area (Å²) in [5, 5.41) is 12.1. The van der Waals surface area contributed by atoms with Gasteiger partial charge >= 0.3 is 5.97 Å². The number of hydrogen-bond donors (Lipinski definition) is 1. The van der Waals surface area contributed by atoms with Crippen LogP contribution in [0, 0.1) is 6.92 Å². The lowest BCUT2D eigenvalue weighted by atomic mass is 9.87. The van der Waals surface area contributed by atoms with E-state index in [2.05, 4.69) is 0 Å². The Balaban J connectivity index is 1.74. The molecule has 10 nitrogen and oxygen atoms in total. The van der Waals surface area contributed by atoms with Gasteiger partial charge in [-0.3, -0.25) is 0 Å². The number of aliphatic hydroxyl groups is 1. The SMILES string of the molecule is COc1ccc(C2(O)OC(=O)C(c3cc(OC)c4c(c3)OCO4)=C2Cc2cc(OC)c(OC)c(OC)c2)cc1C. The van der Waals surface area contributed by atoms with E-state index in [1.165, 1.54) is 28.4 Å². The molecule has 0 radical (unpaired) electrons. The van der Waals surface area contributed by atoms with Crippen LogP contribution in [0.15, 0.2) is 48.0 Å². The molecular formula is C30H30O10. The maximum atomic E-state index is 13.6. The van der Waals surface area contributed by atoms with Gasteiger partial charge in [0.2, 0.25) is 18.3 Å². The highest BCUT2D eigenvalue weighted by Crippen LogP contribution is 2.50. The van der Waals surface area contributed by atoms with E-state index < -0.39 is 11.8 Å². The molecule has 1 unspecified atom stereocenters. The van der Waals surface area contributed by atoms with E-state index in [-0.39, 0.29) is 18.8 Å². The van der Waals surface area contributed by atoms with Gasteiger partial charge in [0.25, 0.3) is 5.79 Å². The average Bonchev–Trinajstić information content (AvgIpc) is 3.53. The van der Waals surface area contributed by atoms with Crippen LogP contribution in [0.4, 0.5) is 0 Å². The number of ether oxygens (including phenoxy) is 8. The quantitative estimate of drug-likeness (QED) is 0.390. The lowest BCUT2D eigenvalue weighted by Crippen LogP contribution is -2.30. The molecule has 2 aliphatic heterocycles. The van der Waals surface area contributed by atoms with E-state index in [0.717, 1.165) is 5.56 Å². The summed E-state index contributed by atoms with van der Waals surface area (Å²) in [4.78, 5) is 13.6. The van der Waals surface area contributed by atoms with Crippen LogP contribution in [0.25, 0.3) is 5.57 Å². The van der Waals surface area contributed by atoms with Crippen molar-refractivity contribution in [3.05, 3.63) is 70.3 Å². The molecule has 0 amide bonds. The van der Waals surface area contributed by atoms with Gasteiger partial charge in [0, 0.05) is 17.6 Å². The van der Waals surface area contributed by atoms with Gasteiger partial charge in [-0.1, -0.05) is 0 Å². The van der Waals surface area contributed by atoms with Crippen molar-refractivity contribution >= 4 is 11.5 Å². The third-order valence-electron chi connectivity index (χ3n) is 6.99. The number of hydrogen-bond acceptors (Lipinski definition) is 10. The van der Waals surface area contributed by atoms with E-state index in [1.54, 1.807) is 49.6 Å². The monoisotopic (exact) mass is 550 g/mol. The van der Waals surface area contributed by atoms with Gasteiger partial charge in [-0.2, -0.15) is 0 Å². The maximum absolute atomic E-state index is 13.6. The lowest BCUT2D eigenvalue weighted by molar-refractivity contribution is -0.185. The van der Waals surface area contributed by atoms with E-state index in [0.29, 0.717) is 62.5 Å². The lowest BCUT2D eigenvalue weighted by Gasteiger charge is -2.26. The van der Waals surface area contributed by atoms with Crippen molar-refractivity contribution in [1.82, 2.24) is 0 Å². The molecule has 0 fully saturated rings. The zero-order valence-electron chi connectivity index (χ0n) is 23.1. The van der Waals surface area contributed by atoms with Gasteiger partial charge in [0.15, 0.2) is 23.0 Å². The van der Waals surface area contributed by atoms with Crippen LogP contribution in [0.1, 0.15) is 22.3 Å². The van der Waals surface area contributed by atoms with Gasteiger partial charge in [-0.15, -0.1) is 0 Å². The molecule has 0 aromatic heterocycles. The Morgan fingerprint density at radius 2 is 1.50 bits per heavy atom. The molecule has 0 spiro atoms. The highest BCUT2D eigenvalue weighted by molar-refractivity contribution is 6.20. The molecule has 2 heterocycles. The molecule has 3 aromatic rings. The standard InChI is InChI=1S/C30H30O10/c1-16-9-19(7-8-21(16)33-2)30(32)20(10-17-11-22(34-3)27(37-6)23(12-17)35-4)26(29(31)40-30)18-13-24(36-5)28-25(14-18)38-15-39-28/h7-9,11-14,32H,10,15H2,1-6H3. The summed E-state index contributed by atoms with van der Waals surface area (Å²) in [6.07, 6.45) is 0.0934. The molecule has 0 bridgehead atoms. The molecule has 10 heteroatoms. The number of fused-ring (bicyclic) bond motifs is 1. The molecule has 5 rings (SSSR count). The van der Waals surface area contributed by atoms with Crippen LogP contribution >= 0.6 is 0 Å². The van der Waals surface area contributed by atoms with Gasteiger partial charge < -0.3 is 43.0 Å². The first-order valence-electron chi connectivity index (χ1n) is 12.4. The topological polar surface area (TPSA) is 111 Å². The zero-order chi connectivity index (χ0) is 28.6. The molecule has 210 valence electrons. The van der Waals surface area contributed by atoms with Crippen molar-refractivity contribution in [2.75, 3.05) is 42.3 Å². The number of carbonyl (C=O) groups excluding carboxylic acids is 1. The predicted octanol–water partition coefficient (Wildman–Crippen LogP) is 4.17. The fourth-order valence-electron chi connectivity index (χ4n) is 5.08. The number of rotatable bonds is 9. The Hall–Kier alpha value is -4.57. The zero-order valence-corrected chi connectivity index (χ0v) is 23.1. The van der Waals surface area contributed by atoms with Gasteiger partial charge in [-0.05, 0) is 66.1 Å². The van der Waals surface area contributed by atoms with E-state index in [9.17, 15) is 9.90 Å². The number of carbonyl (C=O) groups is 1. The number of cyclic esters (lactones) is 1. The smallest absolute Gasteiger partial charge is 0.342 e. The fraction of sp³-hybridized carbons (Fsp3) is 0.300. The van der Waals surface area contributed by atoms with Crippen molar-refractivity contribution in [2.45, 2.75) is 19.1 Å². The number of aryl methyl sites for hydroxylation is 1. The highest BCUT2D eigenvalue weighted by atomic mass is 16.7. The van der Waals surface area contributed by atoms with Crippen LogP contribution in [0.3, 0.4) is 0 Å². The Labute approximate surface area is 231 Å². The molecule has 1 atom stereocenters. The van der Waals surface area contributed by atoms with Crippen molar-refractivity contribution < 1.29 is 47.8 Å². The number of esters is 1. The summed E-state index contributed by atoms with van der Waals surface area (Å²) < 4.78 is 44.3. The van der Waals surface area contributed by atoms with Crippen LogP contribution in [-0.4, -0.2) is 53.4 Å². The van der Waals surface area contributed by atoms with Crippen molar-refractivity contribution in [2.24, 2.45) is 0 Å². The van der Waals surface area contributed by atoms with Crippen molar-refractivity contribution in [3.63, 3.8) is 0 Å². The second-order valence-corrected chi connectivity index (χ2v) is 9.19. The second kappa shape index (κ2) is 10.5. The third-order valence-corrected chi connectivity index (χ3v) is 6.99. The normalized spacial score (nSPS) is 17.5. The molecule has 2 aliphatic rings. The maximum Gasteiger partial charge on any atom is 0.342 e. The van der Waals surface area contributed by atoms with E-state index >= 15 is 0 Å². The predicted molar refractivity (Wildman–Crippen MR) is 144 cm³/mol. The van der Waals surface area contributed by atoms with Crippen molar-refractivity contribution in [3.8, 4) is 40.2 Å². The summed E-state index contributed by atoms with van der Waals surface area (Å²) in [6.45, 7) is 1.86. The first kappa shape index (κ1) is 27.0. The molecule has 40 heavy (non-hydrogen) atoms. The van der Waals surface area contributed by atoms with Crippen molar-refractivity contribution in [1.29, 1.82) is 0 Å². The first-order valence-corrected chi connectivity index (χ1v) is 12.4. The van der Waals surface area contributed by atoms with Crippen LogP contribution in [0.5, 0.6) is 40.2 Å². The molecular weight excluding hydrogens is 520 g/mol. The minimum absolute atomic E-state index is 0.0198. The molecule has 1 N–H and O–H groups in total. The second-order valence-electron chi connectivity index (χ2n) is 9.19. The Morgan fingerprint density at radius 1 is 0.825 bits per heavy atom. The number of benzene rings is 3. The van der Waals surface area contributed by atoms with E-state index in [1.807, 2.05) is 6.92 Å². The Kier molecular flexibility index (Phi) is 7.12. The Morgan fingerprint density at radius 3 is 2.10 bits per heavy atom. The highest BCUT2D eigenvalue weighted by Gasteiger charge is 2.48. The average molecular weight is 551 g/mol. The molecule has 0 saturated heterocycles. The summed E-state index contributed by atoms with van der Waals surface area (Å²) in [6, 6.07) is 12.0. The molecule has 0 saturated carbocycles.